The monoisotopic (exact) mass is 534 g/mol. The Balaban J connectivity index is 1.75. The van der Waals surface area contributed by atoms with E-state index in [1.54, 1.807) is 5.32 Å². The molecule has 0 bridgehead atoms. The predicted octanol–water partition coefficient (Wildman–Crippen LogP) is 6.77. The number of halogens is 8. The lowest BCUT2D eigenvalue weighted by Crippen LogP contribution is -2.25. The van der Waals surface area contributed by atoms with Gasteiger partial charge in [0, 0.05) is 10.6 Å². The Kier molecular flexibility index (Phi) is 7.92. The number of nitrogens with one attached hydrogen (secondary N) is 2. The number of anilines is 2. The van der Waals surface area contributed by atoms with Crippen LogP contribution in [0.2, 0.25) is 0 Å². The van der Waals surface area contributed by atoms with Gasteiger partial charge in [-0.25, -0.2) is 22.0 Å². The number of alkyl halides is 3. The molecule has 36 heavy (non-hydrogen) atoms. The fourth-order valence-corrected chi connectivity index (χ4v) is 3.89. The molecule has 1 atom stereocenters. The molecule has 13 heteroatoms. The highest BCUT2D eigenvalue weighted by molar-refractivity contribution is 8.00. The van der Waals surface area contributed by atoms with Gasteiger partial charge in [0.15, 0.2) is 23.3 Å². The van der Waals surface area contributed by atoms with Crippen LogP contribution in [0.15, 0.2) is 53.4 Å². The van der Waals surface area contributed by atoms with Crippen LogP contribution < -0.4 is 10.6 Å². The molecule has 2 amide bonds. The Morgan fingerprint density at radius 3 is 2.03 bits per heavy atom. The van der Waals surface area contributed by atoms with Crippen molar-refractivity contribution in [1.82, 2.24) is 0 Å². The molecule has 0 spiro atoms. The lowest BCUT2D eigenvalue weighted by molar-refractivity contribution is -0.143. The van der Waals surface area contributed by atoms with Crippen LogP contribution in [0.3, 0.4) is 0 Å². The highest BCUT2D eigenvalue weighted by Gasteiger charge is 2.42. The SMILES string of the molecule is CC(Sc1cccc(NC(=O)c2ccccc2F)c1)C(=O)Nc1c(F)c(F)c(C(F)(F)F)c(F)c1F. The fraction of sp³-hybridized carbons (Fsp3) is 0.130. The molecule has 0 aliphatic heterocycles. The molecule has 2 N–H and O–H groups in total. The van der Waals surface area contributed by atoms with Crippen molar-refractivity contribution in [2.24, 2.45) is 0 Å². The first kappa shape index (κ1) is 27.0. The molecule has 3 rings (SSSR count). The maximum atomic E-state index is 14.1. The number of hydrogen-bond acceptors (Lipinski definition) is 3. The van der Waals surface area contributed by atoms with Gasteiger partial charge in [-0.1, -0.05) is 18.2 Å². The van der Waals surface area contributed by atoms with Gasteiger partial charge >= 0.3 is 6.18 Å². The summed E-state index contributed by atoms with van der Waals surface area (Å²) in [7, 11) is 0. The summed E-state index contributed by atoms with van der Waals surface area (Å²) in [5.41, 5.74) is -4.47. The third kappa shape index (κ3) is 5.78. The first-order chi connectivity index (χ1) is 16.8. The van der Waals surface area contributed by atoms with Crippen LogP contribution in [-0.4, -0.2) is 17.1 Å². The lowest BCUT2D eigenvalue weighted by Gasteiger charge is -2.16. The van der Waals surface area contributed by atoms with E-state index in [4.69, 9.17) is 0 Å². The predicted molar refractivity (Wildman–Crippen MR) is 116 cm³/mol. The molecule has 3 aromatic rings. The minimum atomic E-state index is -5.71. The quantitative estimate of drug-likeness (QED) is 0.209. The van der Waals surface area contributed by atoms with Crippen molar-refractivity contribution in [3.63, 3.8) is 0 Å². The summed E-state index contributed by atoms with van der Waals surface area (Å²) in [6, 6.07) is 11.1. The summed E-state index contributed by atoms with van der Waals surface area (Å²) >= 11 is 0.789. The third-order valence-electron chi connectivity index (χ3n) is 4.69. The maximum Gasteiger partial charge on any atom is 0.422 e. The Hall–Kier alpha value is -3.61. The molecule has 0 aliphatic rings. The minimum absolute atomic E-state index is 0.213. The van der Waals surface area contributed by atoms with Crippen LogP contribution in [0.1, 0.15) is 22.8 Å². The van der Waals surface area contributed by atoms with Crippen molar-refractivity contribution in [1.29, 1.82) is 0 Å². The molecule has 0 saturated heterocycles. The van der Waals surface area contributed by atoms with E-state index in [-0.39, 0.29) is 11.3 Å². The molecule has 0 heterocycles. The van der Waals surface area contributed by atoms with E-state index in [9.17, 15) is 44.7 Å². The van der Waals surface area contributed by atoms with Crippen molar-refractivity contribution in [2.45, 2.75) is 23.2 Å². The summed E-state index contributed by atoms with van der Waals surface area (Å²) in [6.07, 6.45) is -5.71. The summed E-state index contributed by atoms with van der Waals surface area (Å²) in [6.45, 7) is 1.25. The first-order valence-corrected chi connectivity index (χ1v) is 10.8. The molecule has 190 valence electrons. The lowest BCUT2D eigenvalue weighted by atomic mass is 10.1. The second-order valence-corrected chi connectivity index (χ2v) is 8.63. The summed E-state index contributed by atoms with van der Waals surface area (Å²) in [5, 5.41) is 2.85. The average molecular weight is 534 g/mol. The summed E-state index contributed by atoms with van der Waals surface area (Å²) < 4.78 is 108. The molecule has 1 unspecified atom stereocenters. The third-order valence-corrected chi connectivity index (χ3v) is 5.78. The van der Waals surface area contributed by atoms with Gasteiger partial charge in [-0.3, -0.25) is 9.59 Å². The van der Waals surface area contributed by atoms with Gasteiger partial charge in [-0.05, 0) is 37.3 Å². The van der Waals surface area contributed by atoms with Gasteiger partial charge in [-0.15, -0.1) is 11.8 Å². The van der Waals surface area contributed by atoms with Crippen molar-refractivity contribution in [3.05, 3.63) is 88.7 Å². The second-order valence-electron chi connectivity index (χ2n) is 7.21. The standard InChI is InChI=1S/C23H14F8N2O2S/c1-10(21(34)33-20-18(27)16(25)15(23(29,30)31)17(26)19(20)28)36-12-6-4-5-11(9-12)32-22(35)13-7-2-3-8-14(13)24/h2-10H,1H3,(H,32,35)(H,33,34). The first-order valence-electron chi connectivity index (χ1n) is 9.87. The highest BCUT2D eigenvalue weighted by atomic mass is 32.2. The van der Waals surface area contributed by atoms with Crippen molar-refractivity contribution in [3.8, 4) is 0 Å². The zero-order valence-corrected chi connectivity index (χ0v) is 18.8. The largest absolute Gasteiger partial charge is 0.422 e. The van der Waals surface area contributed by atoms with E-state index >= 15 is 0 Å². The molecule has 4 nitrogen and oxygen atoms in total. The molecular formula is C23H14F8N2O2S. The van der Waals surface area contributed by atoms with Crippen LogP contribution in [-0.2, 0) is 11.0 Å². The van der Waals surface area contributed by atoms with Crippen molar-refractivity contribution >= 4 is 35.0 Å². The smallest absolute Gasteiger partial charge is 0.322 e. The second kappa shape index (κ2) is 10.6. The van der Waals surface area contributed by atoms with Crippen molar-refractivity contribution in [2.75, 3.05) is 10.6 Å². The van der Waals surface area contributed by atoms with Crippen LogP contribution in [0.25, 0.3) is 0 Å². The van der Waals surface area contributed by atoms with Crippen LogP contribution in [0, 0.1) is 29.1 Å². The van der Waals surface area contributed by atoms with E-state index in [2.05, 4.69) is 5.32 Å². The molecule has 3 aromatic carbocycles. The Labute approximate surface area is 202 Å². The summed E-state index contributed by atoms with van der Waals surface area (Å²) in [5.74, 6) is -12.9. The van der Waals surface area contributed by atoms with Gasteiger partial charge in [0.1, 0.15) is 17.1 Å². The molecule has 0 aromatic heterocycles. The van der Waals surface area contributed by atoms with Gasteiger partial charge in [-0.2, -0.15) is 13.2 Å². The molecule has 0 radical (unpaired) electrons. The van der Waals surface area contributed by atoms with Crippen LogP contribution >= 0.6 is 11.8 Å². The zero-order valence-electron chi connectivity index (χ0n) is 17.9. The van der Waals surface area contributed by atoms with E-state index in [0.29, 0.717) is 4.90 Å². The number of carbonyl (C=O) groups is 2. The number of carbonyl (C=O) groups excluding carboxylic acids is 2. The Morgan fingerprint density at radius 1 is 0.833 bits per heavy atom. The van der Waals surface area contributed by atoms with Crippen LogP contribution in [0.5, 0.6) is 0 Å². The van der Waals surface area contributed by atoms with Crippen LogP contribution in [0.4, 0.5) is 46.5 Å². The van der Waals surface area contributed by atoms with Crippen molar-refractivity contribution < 1.29 is 44.7 Å². The van der Waals surface area contributed by atoms with Gasteiger partial charge in [0.05, 0.1) is 10.8 Å². The average Bonchev–Trinajstić information content (AvgIpc) is 2.80. The Bertz CT molecular complexity index is 1300. The van der Waals surface area contributed by atoms with E-state index in [1.165, 1.54) is 49.4 Å². The number of hydrogen-bond donors (Lipinski definition) is 2. The topological polar surface area (TPSA) is 58.2 Å². The molecular weight excluding hydrogens is 520 g/mol. The normalized spacial score (nSPS) is 12.2. The number of amides is 2. The zero-order chi connectivity index (χ0) is 26.8. The molecule has 0 saturated carbocycles. The fourth-order valence-electron chi connectivity index (χ4n) is 2.96. The maximum absolute atomic E-state index is 14.1. The number of benzene rings is 3. The number of thioether (sulfide) groups is 1. The molecule has 0 aliphatic carbocycles. The molecule has 0 fully saturated rings. The van der Waals surface area contributed by atoms with Gasteiger partial charge < -0.3 is 10.6 Å². The Morgan fingerprint density at radius 2 is 1.44 bits per heavy atom. The van der Waals surface area contributed by atoms with E-state index in [0.717, 1.165) is 17.8 Å². The van der Waals surface area contributed by atoms with E-state index < -0.39 is 63.6 Å². The number of rotatable bonds is 6. The highest BCUT2D eigenvalue weighted by Crippen LogP contribution is 2.38. The minimum Gasteiger partial charge on any atom is -0.322 e. The van der Waals surface area contributed by atoms with E-state index in [1.807, 2.05) is 0 Å². The summed E-state index contributed by atoms with van der Waals surface area (Å²) in [4.78, 5) is 25.0. The van der Waals surface area contributed by atoms with Gasteiger partial charge in [0.2, 0.25) is 5.91 Å². The van der Waals surface area contributed by atoms with Gasteiger partial charge in [0.25, 0.3) is 5.91 Å².